The highest BCUT2D eigenvalue weighted by Gasteiger charge is 2.72. The first-order valence-corrected chi connectivity index (χ1v) is 7.88. The molecule has 6 heteroatoms. The van der Waals surface area contributed by atoms with Crippen LogP contribution in [0.5, 0.6) is 0 Å². The van der Waals surface area contributed by atoms with Crippen molar-refractivity contribution in [2.45, 2.75) is 39.2 Å². The van der Waals surface area contributed by atoms with E-state index >= 15 is 0 Å². The number of carbonyl (C=O) groups is 2. The molecule has 0 radical (unpaired) electrons. The summed E-state index contributed by atoms with van der Waals surface area (Å²) in [5, 5.41) is 0. The Bertz CT molecular complexity index is 538. The largest absolute Gasteiger partial charge is 0.300 e. The summed E-state index contributed by atoms with van der Waals surface area (Å²) >= 11 is 0. The second-order valence-electron chi connectivity index (χ2n) is 6.37. The van der Waals surface area contributed by atoms with Gasteiger partial charge in [0.15, 0.2) is 0 Å². The normalized spacial score (nSPS) is 42.9. The third kappa shape index (κ3) is 1.10. The summed E-state index contributed by atoms with van der Waals surface area (Å²) in [5.41, 5.74) is -0.405. The third-order valence-corrected chi connectivity index (χ3v) is 7.64. The average molecular weight is 271 g/mol. The number of carbonyl (C=O) groups excluding carboxylic acids is 2. The van der Waals surface area contributed by atoms with Gasteiger partial charge in [-0.15, -0.1) is 0 Å². The summed E-state index contributed by atoms with van der Waals surface area (Å²) in [4.78, 5) is 22.3. The lowest BCUT2D eigenvalue weighted by Crippen LogP contribution is -2.44. The lowest BCUT2D eigenvalue weighted by atomic mass is 9.69. The van der Waals surface area contributed by atoms with Gasteiger partial charge in [-0.2, -0.15) is 0 Å². The molecule has 1 aliphatic heterocycles. The molecule has 3 rings (SSSR count). The van der Waals surface area contributed by atoms with Crippen molar-refractivity contribution in [2.24, 2.45) is 16.7 Å². The zero-order valence-electron chi connectivity index (χ0n) is 10.5. The molecule has 0 aromatic carbocycles. The number of rotatable bonds is 1. The topological polar surface area (TPSA) is 71.5 Å². The molecule has 0 aromatic rings. The van der Waals surface area contributed by atoms with E-state index in [0.717, 1.165) is 17.1 Å². The Kier molecular flexibility index (Phi) is 2.13. The number of aldehydes is 1. The predicted octanol–water partition coefficient (Wildman–Crippen LogP) is 0.552. The maximum absolute atomic E-state index is 12.2. The van der Waals surface area contributed by atoms with E-state index in [1.807, 2.05) is 0 Å². The minimum Gasteiger partial charge on any atom is -0.292 e. The smallest absolute Gasteiger partial charge is 0.292 e. The standard InChI is InChI=1S/C12H17NO4S/c1-11(2)8-3-4-12(11)7-18(16,17)13(9(12)5-8)10(15)6-14/h6,8-9H,3-5,7H2,1-2H3/t8-,9-,12-/m1/s1. The Morgan fingerprint density at radius 2 is 2.06 bits per heavy atom. The van der Waals surface area contributed by atoms with Gasteiger partial charge in [0.2, 0.25) is 16.3 Å². The van der Waals surface area contributed by atoms with Gasteiger partial charge in [0.25, 0.3) is 5.91 Å². The summed E-state index contributed by atoms with van der Waals surface area (Å²) in [5.74, 6) is -0.423. The molecular weight excluding hydrogens is 254 g/mol. The van der Waals surface area contributed by atoms with Gasteiger partial charge in [-0.25, -0.2) is 12.7 Å². The first-order chi connectivity index (χ1) is 8.26. The van der Waals surface area contributed by atoms with E-state index in [1.165, 1.54) is 0 Å². The quantitative estimate of drug-likeness (QED) is 0.516. The molecule has 0 aromatic heterocycles. The van der Waals surface area contributed by atoms with Crippen molar-refractivity contribution in [2.75, 3.05) is 5.75 Å². The van der Waals surface area contributed by atoms with Crippen molar-refractivity contribution in [1.82, 2.24) is 4.31 Å². The molecule has 3 aliphatic rings. The number of sulfonamides is 1. The number of amides is 1. The van der Waals surface area contributed by atoms with E-state index < -0.39 is 15.9 Å². The Hall–Kier alpha value is -0.910. The highest BCUT2D eigenvalue weighted by atomic mass is 32.2. The second kappa shape index (κ2) is 3.15. The van der Waals surface area contributed by atoms with Gasteiger partial charge in [-0.1, -0.05) is 13.8 Å². The van der Waals surface area contributed by atoms with Crippen molar-refractivity contribution in [1.29, 1.82) is 0 Å². The Balaban J connectivity index is 2.14. The minimum atomic E-state index is -3.62. The summed E-state index contributed by atoms with van der Waals surface area (Å²) in [6.07, 6.45) is 2.71. The van der Waals surface area contributed by atoms with E-state index in [1.54, 1.807) is 0 Å². The van der Waals surface area contributed by atoms with Crippen LogP contribution in [0.15, 0.2) is 0 Å². The summed E-state index contributed by atoms with van der Waals surface area (Å²) in [7, 11) is -3.62. The molecule has 3 fully saturated rings. The van der Waals surface area contributed by atoms with Gasteiger partial charge in [0.05, 0.1) is 11.8 Å². The van der Waals surface area contributed by atoms with Crippen LogP contribution in [-0.4, -0.2) is 36.7 Å². The van der Waals surface area contributed by atoms with Crippen LogP contribution in [0.3, 0.4) is 0 Å². The van der Waals surface area contributed by atoms with Crippen LogP contribution in [0.25, 0.3) is 0 Å². The van der Waals surface area contributed by atoms with E-state index in [9.17, 15) is 18.0 Å². The van der Waals surface area contributed by atoms with Gasteiger partial charge < -0.3 is 0 Å². The van der Waals surface area contributed by atoms with E-state index in [-0.39, 0.29) is 28.9 Å². The molecular formula is C12H17NO4S. The van der Waals surface area contributed by atoms with Crippen LogP contribution in [0.2, 0.25) is 0 Å². The van der Waals surface area contributed by atoms with Crippen molar-refractivity contribution < 1.29 is 18.0 Å². The van der Waals surface area contributed by atoms with Crippen molar-refractivity contribution >= 4 is 22.2 Å². The zero-order chi connectivity index (χ0) is 13.3. The number of fused-ring (bicyclic) bond motifs is 1. The molecule has 2 bridgehead atoms. The van der Waals surface area contributed by atoms with Crippen LogP contribution in [0.4, 0.5) is 0 Å². The highest BCUT2D eigenvalue weighted by molar-refractivity contribution is 7.90. The molecule has 5 nitrogen and oxygen atoms in total. The molecule has 0 N–H and O–H groups in total. The highest BCUT2D eigenvalue weighted by Crippen LogP contribution is 2.69. The molecule has 0 unspecified atom stereocenters. The fourth-order valence-corrected chi connectivity index (χ4v) is 7.12. The zero-order valence-corrected chi connectivity index (χ0v) is 11.4. The Morgan fingerprint density at radius 3 is 2.61 bits per heavy atom. The number of hydrogen-bond acceptors (Lipinski definition) is 4. The maximum Gasteiger partial charge on any atom is 0.300 e. The molecule has 1 saturated heterocycles. The SMILES string of the molecule is CC1(C)[C@@H]2CC[C@]13CS(=O)(=O)N(C(=O)C=O)[C@@H]3C2. The first-order valence-electron chi connectivity index (χ1n) is 6.27. The lowest BCUT2D eigenvalue weighted by molar-refractivity contribution is -0.137. The fraction of sp³-hybridized carbons (Fsp3) is 0.833. The fourth-order valence-electron chi connectivity index (χ4n) is 4.63. The molecule has 1 amide bonds. The van der Waals surface area contributed by atoms with Gasteiger partial charge in [-0.05, 0) is 30.6 Å². The number of hydrogen-bond donors (Lipinski definition) is 0. The molecule has 1 spiro atoms. The molecule has 2 saturated carbocycles. The minimum absolute atomic E-state index is 0.0216. The van der Waals surface area contributed by atoms with E-state index in [0.29, 0.717) is 12.3 Å². The van der Waals surface area contributed by atoms with E-state index in [2.05, 4.69) is 13.8 Å². The van der Waals surface area contributed by atoms with Crippen LogP contribution in [0, 0.1) is 16.7 Å². The van der Waals surface area contributed by atoms with Gasteiger partial charge in [0, 0.05) is 5.41 Å². The monoisotopic (exact) mass is 271 g/mol. The molecule has 1 heterocycles. The first kappa shape index (κ1) is 12.1. The summed E-state index contributed by atoms with van der Waals surface area (Å²) in [6, 6.07) is -0.297. The van der Waals surface area contributed by atoms with E-state index in [4.69, 9.17) is 0 Å². The average Bonchev–Trinajstić information content (AvgIpc) is 2.74. The van der Waals surface area contributed by atoms with Crippen molar-refractivity contribution in [3.63, 3.8) is 0 Å². The summed E-state index contributed by atoms with van der Waals surface area (Å²) in [6.45, 7) is 4.21. The summed E-state index contributed by atoms with van der Waals surface area (Å²) < 4.78 is 25.3. The molecule has 2 aliphatic carbocycles. The van der Waals surface area contributed by atoms with Crippen LogP contribution in [-0.2, 0) is 19.6 Å². The Morgan fingerprint density at radius 1 is 1.39 bits per heavy atom. The van der Waals surface area contributed by atoms with Gasteiger partial charge >= 0.3 is 0 Å². The Labute approximate surface area is 107 Å². The molecule has 3 atom stereocenters. The molecule has 100 valence electrons. The van der Waals surface area contributed by atoms with Gasteiger partial charge in [-0.3, -0.25) is 9.59 Å². The molecule has 18 heavy (non-hydrogen) atoms. The van der Waals surface area contributed by atoms with Gasteiger partial charge in [0.1, 0.15) is 0 Å². The second-order valence-corrected chi connectivity index (χ2v) is 8.22. The van der Waals surface area contributed by atoms with Crippen molar-refractivity contribution in [3.8, 4) is 0 Å². The number of nitrogens with zero attached hydrogens (tertiary/aromatic N) is 1. The van der Waals surface area contributed by atoms with Crippen LogP contribution in [0.1, 0.15) is 33.1 Å². The van der Waals surface area contributed by atoms with Crippen LogP contribution < -0.4 is 0 Å². The maximum atomic E-state index is 12.2. The predicted molar refractivity (Wildman–Crippen MR) is 64.0 cm³/mol. The third-order valence-electron chi connectivity index (χ3n) is 5.73. The van der Waals surface area contributed by atoms with Crippen molar-refractivity contribution in [3.05, 3.63) is 0 Å². The lowest BCUT2D eigenvalue weighted by Gasteiger charge is -2.36. The van der Waals surface area contributed by atoms with Crippen LogP contribution >= 0.6 is 0 Å².